The van der Waals surface area contributed by atoms with E-state index in [1.54, 1.807) is 18.2 Å². The molecule has 1 aliphatic rings. The van der Waals surface area contributed by atoms with E-state index in [0.29, 0.717) is 16.7 Å². The van der Waals surface area contributed by atoms with Gasteiger partial charge >= 0.3 is 0 Å². The van der Waals surface area contributed by atoms with Crippen molar-refractivity contribution in [3.05, 3.63) is 34.9 Å². The van der Waals surface area contributed by atoms with Gasteiger partial charge in [-0.1, -0.05) is 11.8 Å². The van der Waals surface area contributed by atoms with Crippen LogP contribution in [0.4, 0.5) is 0 Å². The molecule has 2 amide bonds. The summed E-state index contributed by atoms with van der Waals surface area (Å²) in [5.41, 5.74) is 1.34. The van der Waals surface area contributed by atoms with Gasteiger partial charge < -0.3 is 0 Å². The van der Waals surface area contributed by atoms with Gasteiger partial charge in [-0.25, -0.2) is 0 Å². The fraction of sp³-hybridized carbons (Fsp3) is 0.0833. The molecular formula is C12H6N2O2. The quantitative estimate of drug-likeness (QED) is 0.509. The van der Waals surface area contributed by atoms with Crippen LogP contribution in [-0.2, 0) is 0 Å². The summed E-state index contributed by atoms with van der Waals surface area (Å²) in [7, 11) is 0. The highest BCUT2D eigenvalue weighted by Crippen LogP contribution is 2.16. The molecule has 76 valence electrons. The van der Waals surface area contributed by atoms with Crippen LogP contribution in [0.15, 0.2) is 18.2 Å². The predicted molar refractivity (Wildman–Crippen MR) is 55.3 cm³/mol. The van der Waals surface area contributed by atoms with Crippen LogP contribution in [0.2, 0.25) is 0 Å². The normalized spacial score (nSPS) is 12.2. The average Bonchev–Trinajstić information content (AvgIpc) is 2.55. The first kappa shape index (κ1) is 9.95. The molecule has 0 saturated carbocycles. The van der Waals surface area contributed by atoms with E-state index in [2.05, 4.69) is 17.2 Å². The summed E-state index contributed by atoms with van der Waals surface area (Å²) < 4.78 is 0. The van der Waals surface area contributed by atoms with Crippen LogP contribution in [0.3, 0.4) is 0 Å². The minimum Gasteiger partial charge on any atom is -0.288 e. The Kier molecular flexibility index (Phi) is 2.41. The number of amides is 2. The van der Waals surface area contributed by atoms with Gasteiger partial charge in [-0.15, -0.1) is 0 Å². The van der Waals surface area contributed by atoms with Crippen LogP contribution in [0.25, 0.3) is 0 Å². The van der Waals surface area contributed by atoms with Gasteiger partial charge in [0.2, 0.25) is 0 Å². The lowest BCUT2D eigenvalue weighted by Crippen LogP contribution is -2.19. The van der Waals surface area contributed by atoms with Crippen molar-refractivity contribution in [2.45, 2.75) is 6.42 Å². The van der Waals surface area contributed by atoms with E-state index in [9.17, 15) is 9.59 Å². The zero-order valence-corrected chi connectivity index (χ0v) is 8.20. The highest BCUT2D eigenvalue weighted by atomic mass is 16.2. The van der Waals surface area contributed by atoms with Crippen molar-refractivity contribution >= 4 is 11.8 Å². The second-order valence-corrected chi connectivity index (χ2v) is 3.18. The maximum atomic E-state index is 11.3. The molecule has 0 atom stereocenters. The van der Waals surface area contributed by atoms with E-state index >= 15 is 0 Å². The number of imide groups is 1. The van der Waals surface area contributed by atoms with Crippen LogP contribution in [-0.4, -0.2) is 11.8 Å². The number of nitrogens with zero attached hydrogens (tertiary/aromatic N) is 1. The highest BCUT2D eigenvalue weighted by Gasteiger charge is 2.26. The molecule has 1 heterocycles. The van der Waals surface area contributed by atoms with Crippen molar-refractivity contribution in [1.29, 1.82) is 5.26 Å². The molecule has 0 spiro atoms. The third-order valence-electron chi connectivity index (χ3n) is 2.14. The number of carbonyl (C=O) groups is 2. The van der Waals surface area contributed by atoms with Crippen LogP contribution in [0, 0.1) is 23.2 Å². The Morgan fingerprint density at radius 1 is 1.19 bits per heavy atom. The fourth-order valence-corrected chi connectivity index (χ4v) is 1.43. The number of nitriles is 1. The molecule has 2 rings (SSSR count). The smallest absolute Gasteiger partial charge is 0.258 e. The number of benzene rings is 1. The zero-order valence-electron chi connectivity index (χ0n) is 8.20. The minimum atomic E-state index is -0.399. The van der Waals surface area contributed by atoms with Gasteiger partial charge in [0.05, 0.1) is 23.6 Å². The Morgan fingerprint density at radius 2 is 1.94 bits per heavy atom. The fourth-order valence-electron chi connectivity index (χ4n) is 1.43. The summed E-state index contributed by atoms with van der Waals surface area (Å²) in [6, 6.07) is 6.67. The summed E-state index contributed by atoms with van der Waals surface area (Å²) >= 11 is 0. The molecule has 0 aliphatic carbocycles. The van der Waals surface area contributed by atoms with Crippen molar-refractivity contribution in [3.63, 3.8) is 0 Å². The summed E-state index contributed by atoms with van der Waals surface area (Å²) in [5.74, 6) is 4.61. The second-order valence-electron chi connectivity index (χ2n) is 3.18. The molecule has 0 saturated heterocycles. The third-order valence-corrected chi connectivity index (χ3v) is 2.14. The Hall–Kier alpha value is -2.59. The van der Waals surface area contributed by atoms with Crippen LogP contribution >= 0.6 is 0 Å². The summed E-state index contributed by atoms with van der Waals surface area (Å²) in [4.78, 5) is 22.6. The largest absolute Gasteiger partial charge is 0.288 e. The number of nitrogens with one attached hydrogen (secondary N) is 1. The van der Waals surface area contributed by atoms with E-state index in [-0.39, 0.29) is 12.3 Å². The zero-order chi connectivity index (χ0) is 11.5. The molecule has 0 aromatic heterocycles. The van der Waals surface area contributed by atoms with Crippen molar-refractivity contribution in [3.8, 4) is 17.9 Å². The number of fused-ring (bicyclic) bond motifs is 1. The highest BCUT2D eigenvalue weighted by molar-refractivity contribution is 6.21. The summed E-state index contributed by atoms with van der Waals surface area (Å²) in [6.45, 7) is 0. The molecule has 1 aliphatic heterocycles. The summed E-state index contributed by atoms with van der Waals surface area (Å²) in [6.07, 6.45) is 0.141. The molecule has 1 aromatic rings. The van der Waals surface area contributed by atoms with Crippen molar-refractivity contribution in [1.82, 2.24) is 5.32 Å². The van der Waals surface area contributed by atoms with E-state index in [1.165, 1.54) is 0 Å². The average molecular weight is 210 g/mol. The topological polar surface area (TPSA) is 70.0 Å². The van der Waals surface area contributed by atoms with Gasteiger partial charge in [-0.2, -0.15) is 5.26 Å². The van der Waals surface area contributed by atoms with Gasteiger partial charge in [0.25, 0.3) is 11.8 Å². The van der Waals surface area contributed by atoms with E-state index in [4.69, 9.17) is 5.26 Å². The monoisotopic (exact) mass is 210 g/mol. The molecule has 0 unspecified atom stereocenters. The third kappa shape index (κ3) is 1.65. The van der Waals surface area contributed by atoms with Crippen LogP contribution in [0.5, 0.6) is 0 Å². The van der Waals surface area contributed by atoms with E-state index in [0.717, 1.165) is 0 Å². The lowest BCUT2D eigenvalue weighted by molar-refractivity contribution is 0.0879. The predicted octanol–water partition coefficient (Wildman–Crippen LogP) is 0.835. The Balaban J connectivity index is 2.39. The van der Waals surface area contributed by atoms with Crippen molar-refractivity contribution in [2.24, 2.45) is 0 Å². The lowest BCUT2D eigenvalue weighted by atomic mass is 10.1. The Bertz CT molecular complexity index is 585. The van der Waals surface area contributed by atoms with Gasteiger partial charge in [0.15, 0.2) is 0 Å². The molecule has 0 fully saturated rings. The molecule has 0 radical (unpaired) electrons. The molecule has 4 nitrogen and oxygen atoms in total. The summed E-state index contributed by atoms with van der Waals surface area (Å²) in [5, 5.41) is 10.5. The lowest BCUT2D eigenvalue weighted by Gasteiger charge is -1.94. The number of hydrogen-bond acceptors (Lipinski definition) is 3. The van der Waals surface area contributed by atoms with Crippen molar-refractivity contribution < 1.29 is 9.59 Å². The van der Waals surface area contributed by atoms with Crippen LogP contribution in [0.1, 0.15) is 32.7 Å². The van der Waals surface area contributed by atoms with Crippen LogP contribution < -0.4 is 5.32 Å². The molecular weight excluding hydrogens is 204 g/mol. The molecule has 0 bridgehead atoms. The molecule has 4 heteroatoms. The Morgan fingerprint density at radius 3 is 2.69 bits per heavy atom. The number of carbonyl (C=O) groups excluding carboxylic acids is 2. The number of hydrogen-bond donors (Lipinski definition) is 1. The maximum Gasteiger partial charge on any atom is 0.258 e. The first-order valence-electron chi connectivity index (χ1n) is 4.58. The van der Waals surface area contributed by atoms with Gasteiger partial charge in [0.1, 0.15) is 0 Å². The first-order chi connectivity index (χ1) is 7.72. The standard InChI is InChI=1S/C12H6N2O2/c13-6-2-1-3-8-4-5-9-10(7-8)12(16)14-11(9)15/h4-5,7H,2H2,(H,14,15,16). The van der Waals surface area contributed by atoms with E-state index in [1.807, 2.05) is 6.07 Å². The van der Waals surface area contributed by atoms with Gasteiger partial charge in [0, 0.05) is 5.56 Å². The van der Waals surface area contributed by atoms with Gasteiger partial charge in [-0.05, 0) is 18.2 Å². The minimum absolute atomic E-state index is 0.141. The van der Waals surface area contributed by atoms with Gasteiger partial charge in [-0.3, -0.25) is 14.9 Å². The maximum absolute atomic E-state index is 11.3. The molecule has 1 aromatic carbocycles. The second kappa shape index (κ2) is 3.88. The molecule has 16 heavy (non-hydrogen) atoms. The first-order valence-corrected chi connectivity index (χ1v) is 4.58. The number of rotatable bonds is 0. The molecule has 1 N–H and O–H groups in total. The Labute approximate surface area is 91.9 Å². The SMILES string of the molecule is N#CCC#Cc1ccc2c(c1)C(=O)NC2=O. The van der Waals surface area contributed by atoms with Crippen molar-refractivity contribution in [2.75, 3.05) is 0 Å². The van der Waals surface area contributed by atoms with E-state index < -0.39 is 5.91 Å².